The lowest BCUT2D eigenvalue weighted by Crippen LogP contribution is -2.30. The normalized spacial score (nSPS) is 11.2. The molecule has 146 valence electrons. The molecule has 0 spiro atoms. The zero-order valence-electron chi connectivity index (χ0n) is 16.2. The van der Waals surface area contributed by atoms with Gasteiger partial charge in [0.25, 0.3) is 5.91 Å². The third-order valence-electron chi connectivity index (χ3n) is 4.67. The van der Waals surface area contributed by atoms with Gasteiger partial charge in [-0.3, -0.25) is 14.7 Å². The molecule has 0 fully saturated rings. The van der Waals surface area contributed by atoms with E-state index in [1.54, 1.807) is 35.4 Å². The van der Waals surface area contributed by atoms with Gasteiger partial charge in [-0.25, -0.2) is 4.98 Å². The van der Waals surface area contributed by atoms with Crippen LogP contribution in [0.5, 0.6) is 0 Å². The van der Waals surface area contributed by atoms with Crippen molar-refractivity contribution in [3.63, 3.8) is 0 Å². The highest BCUT2D eigenvalue weighted by Crippen LogP contribution is 2.34. The number of hydrogen-bond acceptors (Lipinski definition) is 4. The lowest BCUT2D eigenvalue weighted by Gasteiger charge is -2.19. The summed E-state index contributed by atoms with van der Waals surface area (Å²) < 4.78 is 1.07. The van der Waals surface area contributed by atoms with Crippen molar-refractivity contribution in [3.8, 4) is 0 Å². The number of fused-ring (bicyclic) bond motifs is 1. The van der Waals surface area contributed by atoms with Crippen LogP contribution in [0, 0.1) is 0 Å². The van der Waals surface area contributed by atoms with E-state index in [1.807, 2.05) is 30.3 Å². The van der Waals surface area contributed by atoms with Crippen LogP contribution in [0.15, 0.2) is 66.9 Å². The number of aromatic nitrogens is 2. The SMILES string of the molecule is CC(C)c1cccc2sc(N(Cc3ccccn3)C(=O)c3ccc(Cl)cc3)nc12. The smallest absolute Gasteiger partial charge is 0.260 e. The third-order valence-corrected chi connectivity index (χ3v) is 5.97. The van der Waals surface area contributed by atoms with E-state index in [2.05, 4.69) is 24.9 Å². The van der Waals surface area contributed by atoms with Crippen LogP contribution in [0.4, 0.5) is 5.13 Å². The Morgan fingerprint density at radius 1 is 1.07 bits per heavy atom. The third kappa shape index (κ3) is 4.16. The molecule has 6 heteroatoms. The molecule has 2 aromatic heterocycles. The Morgan fingerprint density at radius 2 is 1.86 bits per heavy atom. The number of thiazole rings is 1. The fraction of sp³-hybridized carbons (Fsp3) is 0.174. The van der Waals surface area contributed by atoms with Crippen LogP contribution in [0.2, 0.25) is 5.02 Å². The fourth-order valence-electron chi connectivity index (χ4n) is 3.17. The first-order chi connectivity index (χ1) is 14.0. The average molecular weight is 422 g/mol. The minimum atomic E-state index is -0.127. The summed E-state index contributed by atoms with van der Waals surface area (Å²) in [6.45, 7) is 4.65. The maximum atomic E-state index is 13.4. The molecule has 29 heavy (non-hydrogen) atoms. The molecule has 0 aliphatic heterocycles. The molecule has 4 nitrogen and oxygen atoms in total. The number of amides is 1. The Balaban J connectivity index is 1.79. The van der Waals surface area contributed by atoms with Crippen LogP contribution in [-0.2, 0) is 6.54 Å². The fourth-order valence-corrected chi connectivity index (χ4v) is 4.29. The second kappa shape index (κ2) is 8.31. The molecular formula is C23H20ClN3OS. The monoisotopic (exact) mass is 421 g/mol. The highest BCUT2D eigenvalue weighted by atomic mass is 35.5. The maximum absolute atomic E-state index is 13.4. The number of halogens is 1. The molecule has 2 aromatic carbocycles. The summed E-state index contributed by atoms with van der Waals surface area (Å²) in [5.41, 5.74) is 3.51. The predicted octanol–water partition coefficient (Wildman–Crippen LogP) is 6.32. The standard InChI is InChI=1S/C23H20ClN3OS/c1-15(2)19-7-5-8-20-21(19)26-23(29-20)27(14-18-6-3-4-13-25-18)22(28)16-9-11-17(24)12-10-16/h3-13,15H,14H2,1-2H3. The number of pyridine rings is 1. The van der Waals surface area contributed by atoms with Crippen molar-refractivity contribution in [3.05, 3.63) is 88.7 Å². The van der Waals surface area contributed by atoms with Gasteiger partial charge in [0.2, 0.25) is 0 Å². The molecule has 0 atom stereocenters. The first kappa shape index (κ1) is 19.6. The topological polar surface area (TPSA) is 46.1 Å². The predicted molar refractivity (Wildman–Crippen MR) is 120 cm³/mol. The number of nitrogens with zero attached hydrogens (tertiary/aromatic N) is 3. The quantitative estimate of drug-likeness (QED) is 0.379. The summed E-state index contributed by atoms with van der Waals surface area (Å²) in [5.74, 6) is 0.224. The van der Waals surface area contributed by atoms with Crippen LogP contribution in [0.3, 0.4) is 0 Å². The lowest BCUT2D eigenvalue weighted by molar-refractivity contribution is 0.0985. The summed E-state index contributed by atoms with van der Waals surface area (Å²) in [4.78, 5) is 24.3. The number of carbonyl (C=O) groups is 1. The molecule has 1 amide bonds. The Bertz CT molecular complexity index is 1140. The van der Waals surface area contributed by atoms with Gasteiger partial charge >= 0.3 is 0 Å². The number of rotatable bonds is 5. The molecule has 0 aliphatic rings. The van der Waals surface area contributed by atoms with Gasteiger partial charge in [0.1, 0.15) is 0 Å². The van der Waals surface area contributed by atoms with Crippen molar-refractivity contribution in [2.45, 2.75) is 26.3 Å². The van der Waals surface area contributed by atoms with E-state index in [9.17, 15) is 4.79 Å². The molecule has 0 aliphatic carbocycles. The van der Waals surface area contributed by atoms with Crippen molar-refractivity contribution < 1.29 is 4.79 Å². The molecule has 2 heterocycles. The molecule has 0 saturated heterocycles. The first-order valence-corrected chi connectivity index (χ1v) is 10.6. The average Bonchev–Trinajstić information content (AvgIpc) is 3.16. The minimum Gasteiger partial charge on any atom is -0.278 e. The van der Waals surface area contributed by atoms with Gasteiger partial charge in [0, 0.05) is 16.8 Å². The Hall–Kier alpha value is -2.76. The van der Waals surface area contributed by atoms with Crippen molar-refractivity contribution in [1.29, 1.82) is 0 Å². The van der Waals surface area contributed by atoms with Crippen LogP contribution >= 0.6 is 22.9 Å². The van der Waals surface area contributed by atoms with Crippen LogP contribution < -0.4 is 4.90 Å². The van der Waals surface area contributed by atoms with Crippen LogP contribution in [0.25, 0.3) is 10.2 Å². The zero-order valence-corrected chi connectivity index (χ0v) is 17.7. The van der Waals surface area contributed by atoms with Gasteiger partial charge in [-0.15, -0.1) is 0 Å². The van der Waals surface area contributed by atoms with Gasteiger partial charge in [-0.05, 0) is 53.9 Å². The van der Waals surface area contributed by atoms with Gasteiger partial charge in [0.15, 0.2) is 5.13 Å². The highest BCUT2D eigenvalue weighted by Gasteiger charge is 2.23. The summed E-state index contributed by atoms with van der Waals surface area (Å²) in [7, 11) is 0. The molecule has 0 bridgehead atoms. The Kier molecular flexibility index (Phi) is 5.60. The van der Waals surface area contributed by atoms with E-state index >= 15 is 0 Å². The summed E-state index contributed by atoms with van der Waals surface area (Å²) >= 11 is 7.52. The van der Waals surface area contributed by atoms with Crippen molar-refractivity contribution >= 4 is 44.2 Å². The van der Waals surface area contributed by atoms with Gasteiger partial charge < -0.3 is 0 Å². The van der Waals surface area contributed by atoms with Gasteiger partial charge in [0.05, 0.1) is 22.5 Å². The second-order valence-corrected chi connectivity index (χ2v) is 8.51. The number of benzene rings is 2. The number of para-hydroxylation sites is 1. The van der Waals surface area contributed by atoms with E-state index in [0.29, 0.717) is 28.2 Å². The molecule has 4 aromatic rings. The number of carbonyl (C=O) groups excluding carboxylic acids is 1. The van der Waals surface area contributed by atoms with E-state index in [4.69, 9.17) is 16.6 Å². The van der Waals surface area contributed by atoms with Crippen LogP contribution in [0.1, 0.15) is 41.4 Å². The second-order valence-electron chi connectivity index (χ2n) is 7.06. The van der Waals surface area contributed by atoms with Crippen molar-refractivity contribution in [2.24, 2.45) is 0 Å². The van der Waals surface area contributed by atoms with Gasteiger partial charge in [-0.2, -0.15) is 0 Å². The van der Waals surface area contributed by atoms with Crippen molar-refractivity contribution in [2.75, 3.05) is 4.90 Å². The zero-order chi connectivity index (χ0) is 20.4. The van der Waals surface area contributed by atoms with Crippen molar-refractivity contribution in [1.82, 2.24) is 9.97 Å². The Morgan fingerprint density at radius 3 is 2.55 bits per heavy atom. The van der Waals surface area contributed by atoms with E-state index in [0.717, 1.165) is 15.9 Å². The summed E-state index contributed by atoms with van der Waals surface area (Å²) in [5, 5.41) is 1.26. The van der Waals surface area contributed by atoms with E-state index in [1.165, 1.54) is 16.9 Å². The van der Waals surface area contributed by atoms with Crippen LogP contribution in [-0.4, -0.2) is 15.9 Å². The van der Waals surface area contributed by atoms with E-state index < -0.39 is 0 Å². The molecule has 0 N–H and O–H groups in total. The highest BCUT2D eigenvalue weighted by molar-refractivity contribution is 7.22. The molecule has 4 rings (SSSR count). The summed E-state index contributed by atoms with van der Waals surface area (Å²) in [6.07, 6.45) is 1.73. The lowest BCUT2D eigenvalue weighted by atomic mass is 10.0. The largest absolute Gasteiger partial charge is 0.278 e. The van der Waals surface area contributed by atoms with E-state index in [-0.39, 0.29) is 5.91 Å². The maximum Gasteiger partial charge on any atom is 0.260 e. The minimum absolute atomic E-state index is 0.127. The summed E-state index contributed by atoms with van der Waals surface area (Å²) in [6, 6.07) is 18.8. The molecule has 0 saturated carbocycles. The molecule has 0 radical (unpaired) electrons. The Labute approximate surface area is 178 Å². The number of anilines is 1. The molecule has 0 unspecified atom stereocenters. The molecular weight excluding hydrogens is 402 g/mol. The first-order valence-electron chi connectivity index (χ1n) is 9.39. The van der Waals surface area contributed by atoms with Gasteiger partial charge in [-0.1, -0.05) is 55.0 Å². The number of hydrogen-bond donors (Lipinski definition) is 0.